The number of nitrogens with zero attached hydrogens (tertiary/aromatic N) is 4. The molecule has 0 aliphatic carbocycles. The molecule has 0 aromatic heterocycles. The van der Waals surface area contributed by atoms with Crippen LogP contribution in [0.1, 0.15) is 0 Å². The number of hydrogen-bond donors (Lipinski definition) is 0. The van der Waals surface area contributed by atoms with Crippen LogP contribution in [-0.2, 0) is 22.4 Å². The third-order valence-electron chi connectivity index (χ3n) is 3.92. The monoisotopic (exact) mass is 415 g/mol. The normalized spacial score (nSPS) is 21.8. The van der Waals surface area contributed by atoms with E-state index in [1.165, 1.54) is 0 Å². The minimum atomic E-state index is 0. The molecule has 0 saturated heterocycles. The average molecular weight is 416 g/mol. The Kier molecular flexibility index (Phi) is 4.01. The molecule has 0 atom stereocenters. The molecular formula is C20H12AgN4. The fourth-order valence-corrected chi connectivity index (χ4v) is 2.83. The topological polar surface area (TPSA) is 49.4 Å². The molecule has 4 nitrogen and oxygen atoms in total. The summed E-state index contributed by atoms with van der Waals surface area (Å²) in [5.41, 5.74) is 7.15. The molecule has 5 rings (SSSR count). The van der Waals surface area contributed by atoms with Crippen molar-refractivity contribution in [2.24, 2.45) is 20.0 Å². The van der Waals surface area contributed by atoms with E-state index in [2.05, 4.69) is 20.0 Å². The first kappa shape index (κ1) is 15.8. The van der Waals surface area contributed by atoms with Gasteiger partial charge in [-0.25, -0.2) is 20.0 Å². The molecule has 0 spiro atoms. The van der Waals surface area contributed by atoms with Gasteiger partial charge in [0.25, 0.3) is 0 Å². The summed E-state index contributed by atoms with van der Waals surface area (Å²) in [4.78, 5) is 18.4. The van der Waals surface area contributed by atoms with Crippen molar-refractivity contribution in [1.82, 2.24) is 0 Å². The molecule has 5 heteroatoms. The van der Waals surface area contributed by atoms with E-state index >= 15 is 0 Å². The maximum absolute atomic E-state index is 4.59. The molecule has 5 aliphatic heterocycles. The van der Waals surface area contributed by atoms with Crippen LogP contribution in [0.3, 0.4) is 0 Å². The van der Waals surface area contributed by atoms with Crippen LogP contribution in [0.4, 0.5) is 0 Å². The SMILES string of the molecule is C1=CC2=NC1=CC1=NC(=CC3=NC(=CC4=NC(=C2)C=C4)C=C3)C=C1.[Ag]. The Balaban J connectivity index is 0.00000157. The Labute approximate surface area is 160 Å². The summed E-state index contributed by atoms with van der Waals surface area (Å²) in [6.45, 7) is 0. The summed E-state index contributed by atoms with van der Waals surface area (Å²) in [5, 5.41) is 0. The second-order valence-electron chi connectivity index (χ2n) is 5.76. The molecule has 5 heterocycles. The number of allylic oxidation sites excluding steroid dienone is 12. The van der Waals surface area contributed by atoms with Gasteiger partial charge in [0.2, 0.25) is 0 Å². The summed E-state index contributed by atoms with van der Waals surface area (Å²) in [6.07, 6.45) is 23.8. The van der Waals surface area contributed by atoms with E-state index < -0.39 is 0 Å². The first-order valence-corrected chi connectivity index (χ1v) is 7.74. The molecule has 25 heavy (non-hydrogen) atoms. The summed E-state index contributed by atoms with van der Waals surface area (Å²) in [7, 11) is 0. The standard InChI is InChI=1S/C20H12N4.Ag/c1-2-14-10-16-5-6-18(23-16)12-20-8-7-19(24-20)11-17-4-3-15(22-17)9-13(1)21-14;/h1-12H;. The molecule has 0 aromatic carbocycles. The van der Waals surface area contributed by atoms with Crippen molar-refractivity contribution in [3.8, 4) is 0 Å². The zero-order valence-electron chi connectivity index (χ0n) is 13.0. The Morgan fingerprint density at radius 2 is 0.600 bits per heavy atom. The molecule has 5 aliphatic rings. The third kappa shape index (κ3) is 3.28. The van der Waals surface area contributed by atoms with Gasteiger partial charge in [-0.15, -0.1) is 0 Å². The predicted molar refractivity (Wildman–Crippen MR) is 98.6 cm³/mol. The van der Waals surface area contributed by atoms with E-state index in [9.17, 15) is 0 Å². The smallest absolute Gasteiger partial charge is 0.0659 e. The number of aliphatic imine (C=N–C) groups is 4. The van der Waals surface area contributed by atoms with Crippen molar-refractivity contribution in [3.63, 3.8) is 0 Å². The molecule has 1 radical (unpaired) electrons. The summed E-state index contributed by atoms with van der Waals surface area (Å²) < 4.78 is 0. The van der Waals surface area contributed by atoms with Gasteiger partial charge in [0.1, 0.15) is 0 Å². The Morgan fingerprint density at radius 3 is 0.840 bits per heavy atom. The number of hydrogen-bond acceptors (Lipinski definition) is 4. The minimum absolute atomic E-state index is 0. The quantitative estimate of drug-likeness (QED) is 0.543. The van der Waals surface area contributed by atoms with Crippen LogP contribution < -0.4 is 0 Å². The minimum Gasteiger partial charge on any atom is -0.249 e. The molecule has 0 fully saturated rings. The summed E-state index contributed by atoms with van der Waals surface area (Å²) in [5.74, 6) is 0. The number of rotatable bonds is 0. The molecule has 0 amide bonds. The average Bonchev–Trinajstić information content (AvgIpc) is 3.32. The van der Waals surface area contributed by atoms with Gasteiger partial charge in [-0.05, 0) is 72.9 Å². The van der Waals surface area contributed by atoms with Crippen LogP contribution in [-0.4, -0.2) is 22.8 Å². The van der Waals surface area contributed by atoms with Gasteiger partial charge < -0.3 is 0 Å². The van der Waals surface area contributed by atoms with Crippen molar-refractivity contribution in [3.05, 3.63) is 95.7 Å². The zero-order chi connectivity index (χ0) is 15.9. The van der Waals surface area contributed by atoms with Gasteiger partial charge in [-0.2, -0.15) is 0 Å². The van der Waals surface area contributed by atoms with Crippen molar-refractivity contribution >= 4 is 22.8 Å². The molecule has 0 saturated carbocycles. The maximum Gasteiger partial charge on any atom is 0.0659 e. The van der Waals surface area contributed by atoms with Crippen molar-refractivity contribution in [2.75, 3.05) is 0 Å². The Morgan fingerprint density at radius 1 is 0.360 bits per heavy atom. The summed E-state index contributed by atoms with van der Waals surface area (Å²) in [6, 6.07) is 0. The van der Waals surface area contributed by atoms with Crippen LogP contribution in [0.5, 0.6) is 0 Å². The van der Waals surface area contributed by atoms with E-state index in [0.717, 1.165) is 45.6 Å². The van der Waals surface area contributed by atoms with Gasteiger partial charge in [0.15, 0.2) is 0 Å². The van der Waals surface area contributed by atoms with Gasteiger partial charge in [-0.1, -0.05) is 0 Å². The van der Waals surface area contributed by atoms with Crippen LogP contribution in [0.25, 0.3) is 0 Å². The van der Waals surface area contributed by atoms with Gasteiger partial charge in [0.05, 0.1) is 45.6 Å². The molecule has 8 bridgehead atoms. The van der Waals surface area contributed by atoms with Crippen LogP contribution in [0.2, 0.25) is 0 Å². The van der Waals surface area contributed by atoms with Crippen molar-refractivity contribution < 1.29 is 22.4 Å². The number of fused-ring (bicyclic) bond motifs is 4. The molecule has 0 unspecified atom stereocenters. The van der Waals surface area contributed by atoms with E-state index in [1.54, 1.807) is 0 Å². The Hall–Kier alpha value is -2.66. The van der Waals surface area contributed by atoms with Crippen LogP contribution in [0.15, 0.2) is 116 Å². The van der Waals surface area contributed by atoms with E-state index in [0.29, 0.717) is 0 Å². The first-order valence-electron chi connectivity index (χ1n) is 7.74. The Bertz CT molecular complexity index is 848. The maximum atomic E-state index is 4.59. The fourth-order valence-electron chi connectivity index (χ4n) is 2.83. The largest absolute Gasteiger partial charge is 0.249 e. The van der Waals surface area contributed by atoms with Crippen LogP contribution in [0, 0.1) is 0 Å². The first-order chi connectivity index (χ1) is 11.8. The predicted octanol–water partition coefficient (Wildman–Crippen LogP) is 3.58. The van der Waals surface area contributed by atoms with Gasteiger partial charge in [0, 0.05) is 22.4 Å². The molecule has 0 N–H and O–H groups in total. The molecular weight excluding hydrogens is 404 g/mol. The van der Waals surface area contributed by atoms with Crippen molar-refractivity contribution in [1.29, 1.82) is 0 Å². The third-order valence-corrected chi connectivity index (χ3v) is 3.92. The summed E-state index contributed by atoms with van der Waals surface area (Å²) >= 11 is 0. The van der Waals surface area contributed by atoms with Crippen molar-refractivity contribution in [2.45, 2.75) is 0 Å². The molecule has 123 valence electrons. The molecule has 0 aromatic rings. The van der Waals surface area contributed by atoms with Gasteiger partial charge >= 0.3 is 0 Å². The van der Waals surface area contributed by atoms with E-state index in [4.69, 9.17) is 0 Å². The second kappa shape index (κ2) is 6.33. The second-order valence-corrected chi connectivity index (χ2v) is 5.76. The van der Waals surface area contributed by atoms with Gasteiger partial charge in [-0.3, -0.25) is 0 Å². The van der Waals surface area contributed by atoms with Crippen LogP contribution >= 0.6 is 0 Å². The fraction of sp³-hybridized carbons (Fsp3) is 0. The van der Waals surface area contributed by atoms with E-state index in [1.807, 2.05) is 72.9 Å². The zero-order valence-corrected chi connectivity index (χ0v) is 14.5. The van der Waals surface area contributed by atoms with E-state index in [-0.39, 0.29) is 22.4 Å².